The van der Waals surface area contributed by atoms with E-state index in [1.165, 1.54) is 0 Å². The Morgan fingerprint density at radius 3 is 1.40 bits per heavy atom. The zero-order chi connectivity index (χ0) is 20.5. The molecule has 0 aliphatic heterocycles. The maximum absolute atomic E-state index is 13.2. The van der Waals surface area contributed by atoms with Gasteiger partial charge in [-0.05, 0) is 6.42 Å². The molecule has 0 fully saturated rings. The molecule has 0 aromatic heterocycles. The van der Waals surface area contributed by atoms with Gasteiger partial charge in [0.05, 0.1) is 12.9 Å². The van der Waals surface area contributed by atoms with Gasteiger partial charge in [-0.2, -0.15) is 57.1 Å². The van der Waals surface area contributed by atoms with Crippen molar-refractivity contribution >= 4 is 0 Å². The van der Waals surface area contributed by atoms with Crippen molar-refractivity contribution in [2.45, 2.75) is 48.6 Å². The van der Waals surface area contributed by atoms with Crippen molar-refractivity contribution in [1.29, 1.82) is 0 Å². The van der Waals surface area contributed by atoms with E-state index in [-0.39, 0.29) is 0 Å². The van der Waals surface area contributed by atoms with Gasteiger partial charge in [0.25, 0.3) is 0 Å². The summed E-state index contributed by atoms with van der Waals surface area (Å²) in [7, 11) is 0. The van der Waals surface area contributed by atoms with Gasteiger partial charge in [0.15, 0.2) is 0 Å². The molecule has 0 aromatic carbocycles. The summed E-state index contributed by atoms with van der Waals surface area (Å²) in [5.41, 5.74) is 0. The summed E-state index contributed by atoms with van der Waals surface area (Å²) in [6, 6.07) is 0. The van der Waals surface area contributed by atoms with Gasteiger partial charge in [0.1, 0.15) is 0 Å². The molecule has 0 amide bonds. The Morgan fingerprint density at radius 1 is 0.640 bits per heavy atom. The van der Waals surface area contributed by atoms with Crippen LogP contribution >= 0.6 is 0 Å². The lowest BCUT2D eigenvalue weighted by molar-refractivity contribution is -0.440. The van der Waals surface area contributed by atoms with Crippen LogP contribution in [0.1, 0.15) is 12.8 Å². The first kappa shape index (κ1) is 23.6. The number of alkyl halides is 13. The highest BCUT2D eigenvalue weighted by Crippen LogP contribution is 2.60. The molecule has 150 valence electrons. The predicted molar refractivity (Wildman–Crippen MR) is 56.2 cm³/mol. The molecule has 25 heavy (non-hydrogen) atoms. The number of ether oxygens (including phenoxy) is 1. The van der Waals surface area contributed by atoms with Crippen LogP contribution in [0.2, 0.25) is 0 Å². The molecule has 0 radical (unpaired) electrons. The Kier molecular flexibility index (Phi) is 6.37. The first-order valence-electron chi connectivity index (χ1n) is 5.99. The Morgan fingerprint density at radius 2 is 1.04 bits per heavy atom. The summed E-state index contributed by atoms with van der Waals surface area (Å²) >= 11 is 0. The Bertz CT molecular complexity index is 465. The van der Waals surface area contributed by atoms with Gasteiger partial charge < -0.3 is 4.74 Å². The topological polar surface area (TPSA) is 9.23 Å². The minimum Gasteiger partial charge on any atom is -0.502 e. The molecule has 0 saturated carbocycles. The number of hydrogen-bond acceptors (Lipinski definition) is 1. The van der Waals surface area contributed by atoms with Crippen molar-refractivity contribution in [3.63, 3.8) is 0 Å². The van der Waals surface area contributed by atoms with Crippen LogP contribution in [0.25, 0.3) is 0 Å². The van der Waals surface area contributed by atoms with Crippen LogP contribution in [0.15, 0.2) is 12.8 Å². The molecule has 1 nitrogen and oxygen atoms in total. The zero-order valence-corrected chi connectivity index (χ0v) is 11.7. The lowest BCUT2D eigenvalue weighted by Crippen LogP contribution is -2.70. The van der Waals surface area contributed by atoms with Gasteiger partial charge in [-0.25, -0.2) is 0 Å². The molecular formula is C11H9F13O. The normalized spacial score (nSPS) is 15.2. The van der Waals surface area contributed by atoms with Crippen LogP contribution in [0.4, 0.5) is 57.1 Å². The van der Waals surface area contributed by atoms with Crippen LogP contribution in [0, 0.1) is 0 Å². The highest BCUT2D eigenvalue weighted by Gasteiger charge is 2.90. The lowest BCUT2D eigenvalue weighted by Gasteiger charge is -2.39. The highest BCUT2D eigenvalue weighted by molar-refractivity contribution is 5.10. The zero-order valence-electron chi connectivity index (χ0n) is 11.7. The van der Waals surface area contributed by atoms with E-state index in [2.05, 4.69) is 11.3 Å². The van der Waals surface area contributed by atoms with E-state index in [0.29, 0.717) is 6.26 Å². The van der Waals surface area contributed by atoms with Crippen molar-refractivity contribution < 1.29 is 61.8 Å². The fourth-order valence-electron chi connectivity index (χ4n) is 1.42. The van der Waals surface area contributed by atoms with E-state index >= 15 is 0 Å². The summed E-state index contributed by atoms with van der Waals surface area (Å²) in [5, 5.41) is 0. The molecule has 0 heterocycles. The standard InChI is InChI=1S/C11H9F13O/c1-2-25-5-3-4-6(12,13)7(14,15)8(16,17)9(18,19)10(20,21)11(22,23)24/h2H,1,3-5H2. The second kappa shape index (κ2) is 6.74. The van der Waals surface area contributed by atoms with Gasteiger partial charge in [0.2, 0.25) is 0 Å². The Labute approximate surface area is 131 Å². The second-order valence-corrected chi connectivity index (χ2v) is 4.64. The SMILES string of the molecule is C=COCCCC(F)(F)C(F)(F)C(F)(F)C(F)(F)C(F)(F)C(F)(F)F. The number of rotatable bonds is 9. The molecule has 0 bridgehead atoms. The van der Waals surface area contributed by atoms with Crippen molar-refractivity contribution in [1.82, 2.24) is 0 Å². The number of halogens is 13. The van der Waals surface area contributed by atoms with Crippen LogP contribution in [0.5, 0.6) is 0 Å². The first-order chi connectivity index (χ1) is 10.8. The fourth-order valence-corrected chi connectivity index (χ4v) is 1.42. The minimum atomic E-state index is -7.86. The van der Waals surface area contributed by atoms with E-state index in [4.69, 9.17) is 0 Å². The van der Waals surface area contributed by atoms with Crippen LogP contribution in [0.3, 0.4) is 0 Å². The molecule has 0 atom stereocenters. The summed E-state index contributed by atoms with van der Waals surface area (Å²) in [5.74, 6) is -36.6. The van der Waals surface area contributed by atoms with Crippen molar-refractivity contribution in [2.75, 3.05) is 6.61 Å². The third-order valence-corrected chi connectivity index (χ3v) is 2.87. The molecule has 0 aliphatic carbocycles. The fraction of sp³-hybridized carbons (Fsp3) is 0.818. The van der Waals surface area contributed by atoms with Crippen LogP contribution in [-0.2, 0) is 4.74 Å². The van der Waals surface area contributed by atoms with E-state index in [1.54, 1.807) is 0 Å². The Balaban J connectivity index is 5.82. The average Bonchev–Trinajstić information content (AvgIpc) is 2.41. The molecule has 0 rings (SSSR count). The third-order valence-electron chi connectivity index (χ3n) is 2.87. The molecule has 0 N–H and O–H groups in total. The van der Waals surface area contributed by atoms with Crippen molar-refractivity contribution in [3.05, 3.63) is 12.8 Å². The molecule has 0 spiro atoms. The maximum atomic E-state index is 13.2. The summed E-state index contributed by atoms with van der Waals surface area (Å²) in [4.78, 5) is 0. The second-order valence-electron chi connectivity index (χ2n) is 4.64. The smallest absolute Gasteiger partial charge is 0.460 e. The van der Waals surface area contributed by atoms with E-state index < -0.39 is 55.2 Å². The minimum absolute atomic E-state index is 0.628. The van der Waals surface area contributed by atoms with E-state index in [1.807, 2.05) is 0 Å². The largest absolute Gasteiger partial charge is 0.502 e. The molecule has 0 saturated heterocycles. The molecule has 0 unspecified atom stereocenters. The van der Waals surface area contributed by atoms with Crippen molar-refractivity contribution in [2.24, 2.45) is 0 Å². The van der Waals surface area contributed by atoms with Gasteiger partial charge in [-0.3, -0.25) is 0 Å². The quantitative estimate of drug-likeness (QED) is 0.274. The third kappa shape index (κ3) is 3.76. The van der Waals surface area contributed by atoms with Gasteiger partial charge >= 0.3 is 35.8 Å². The highest BCUT2D eigenvalue weighted by atomic mass is 19.4. The molecule has 0 aliphatic rings. The Hall–Kier alpha value is -1.37. The van der Waals surface area contributed by atoms with E-state index in [0.717, 1.165) is 0 Å². The van der Waals surface area contributed by atoms with Crippen molar-refractivity contribution in [3.8, 4) is 0 Å². The number of hydrogen-bond donors (Lipinski definition) is 0. The maximum Gasteiger partial charge on any atom is 0.460 e. The molecule has 0 aromatic rings. The van der Waals surface area contributed by atoms with Crippen LogP contribution < -0.4 is 0 Å². The van der Waals surface area contributed by atoms with Gasteiger partial charge in [-0.1, -0.05) is 6.58 Å². The summed E-state index contributed by atoms with van der Waals surface area (Å²) in [6.07, 6.45) is -10.2. The molecular weight excluding hydrogens is 395 g/mol. The molecule has 14 heteroatoms. The van der Waals surface area contributed by atoms with Gasteiger partial charge in [0, 0.05) is 6.42 Å². The summed E-state index contributed by atoms with van der Waals surface area (Å²) < 4.78 is 169. The van der Waals surface area contributed by atoms with E-state index in [9.17, 15) is 57.1 Å². The monoisotopic (exact) mass is 404 g/mol. The lowest BCUT2D eigenvalue weighted by atomic mass is 9.92. The first-order valence-corrected chi connectivity index (χ1v) is 5.99. The average molecular weight is 404 g/mol. The van der Waals surface area contributed by atoms with Crippen LogP contribution in [-0.4, -0.2) is 42.4 Å². The predicted octanol–water partition coefficient (Wildman–Crippen LogP) is 5.67. The van der Waals surface area contributed by atoms with Gasteiger partial charge in [-0.15, -0.1) is 0 Å². The summed E-state index contributed by atoms with van der Waals surface area (Å²) in [6.45, 7) is 2.09.